The highest BCUT2D eigenvalue weighted by atomic mass is 16.5. The molecule has 0 amide bonds. The summed E-state index contributed by atoms with van der Waals surface area (Å²) in [6, 6.07) is 20.3. The summed E-state index contributed by atoms with van der Waals surface area (Å²) in [5.41, 5.74) is 2.21. The van der Waals surface area contributed by atoms with Crippen LogP contribution < -0.4 is 0 Å². The minimum Gasteiger partial charge on any atom is -0.462 e. The number of hydrogen-bond donors (Lipinski definition) is 0. The average Bonchev–Trinajstić information content (AvgIpc) is 2.67. The van der Waals surface area contributed by atoms with Gasteiger partial charge in [-0.1, -0.05) is 87.9 Å². The predicted octanol–water partition coefficient (Wildman–Crippen LogP) is 6.02. The van der Waals surface area contributed by atoms with Crippen molar-refractivity contribution in [2.24, 2.45) is 17.8 Å². The molecule has 1 fully saturated rings. The van der Waals surface area contributed by atoms with Gasteiger partial charge in [-0.05, 0) is 48.1 Å². The van der Waals surface area contributed by atoms with Gasteiger partial charge in [-0.2, -0.15) is 0 Å². The Morgan fingerprint density at radius 3 is 2.26 bits per heavy atom. The SMILES string of the molecule is CC(C)[C@H]1CC[C@@H](C)C[C@H]1OC(=O)[C@H](Cc1ccccc1)c1ccccc1. The lowest BCUT2D eigenvalue weighted by molar-refractivity contribution is -0.157. The molecule has 4 atom stereocenters. The van der Waals surface area contributed by atoms with Crippen LogP contribution in [0.4, 0.5) is 0 Å². The lowest BCUT2D eigenvalue weighted by Crippen LogP contribution is -2.37. The van der Waals surface area contributed by atoms with Crippen molar-refractivity contribution in [3.63, 3.8) is 0 Å². The predicted molar refractivity (Wildman–Crippen MR) is 111 cm³/mol. The molecule has 0 saturated heterocycles. The molecular weight excluding hydrogens is 332 g/mol. The van der Waals surface area contributed by atoms with Crippen LogP contribution in [0.25, 0.3) is 0 Å². The molecule has 144 valence electrons. The van der Waals surface area contributed by atoms with Crippen molar-refractivity contribution in [1.82, 2.24) is 0 Å². The molecule has 2 aromatic carbocycles. The van der Waals surface area contributed by atoms with E-state index >= 15 is 0 Å². The smallest absolute Gasteiger partial charge is 0.314 e. The fourth-order valence-corrected chi connectivity index (χ4v) is 4.35. The zero-order valence-electron chi connectivity index (χ0n) is 16.8. The highest BCUT2D eigenvalue weighted by Crippen LogP contribution is 2.36. The van der Waals surface area contributed by atoms with Crippen LogP contribution in [0.5, 0.6) is 0 Å². The highest BCUT2D eigenvalue weighted by molar-refractivity contribution is 5.78. The fourth-order valence-electron chi connectivity index (χ4n) is 4.35. The Bertz CT molecular complexity index is 708. The zero-order chi connectivity index (χ0) is 19.2. The van der Waals surface area contributed by atoms with E-state index in [1.54, 1.807) is 0 Å². The first-order valence-electron chi connectivity index (χ1n) is 10.3. The summed E-state index contributed by atoms with van der Waals surface area (Å²) in [7, 11) is 0. The molecule has 0 aliphatic heterocycles. The van der Waals surface area contributed by atoms with Gasteiger partial charge in [0, 0.05) is 0 Å². The molecule has 0 spiro atoms. The monoisotopic (exact) mass is 364 g/mol. The molecule has 0 heterocycles. The number of carbonyl (C=O) groups excluding carboxylic acids is 1. The summed E-state index contributed by atoms with van der Waals surface area (Å²) in [5, 5.41) is 0. The number of hydrogen-bond acceptors (Lipinski definition) is 2. The van der Waals surface area contributed by atoms with E-state index in [4.69, 9.17) is 4.74 Å². The largest absolute Gasteiger partial charge is 0.462 e. The van der Waals surface area contributed by atoms with Gasteiger partial charge in [0.25, 0.3) is 0 Å². The molecular formula is C25H32O2. The van der Waals surface area contributed by atoms with Crippen molar-refractivity contribution >= 4 is 5.97 Å². The van der Waals surface area contributed by atoms with Gasteiger partial charge in [-0.25, -0.2) is 0 Å². The maximum Gasteiger partial charge on any atom is 0.314 e. The Morgan fingerprint density at radius 1 is 1.00 bits per heavy atom. The van der Waals surface area contributed by atoms with Crippen LogP contribution in [0, 0.1) is 17.8 Å². The Labute approximate surface area is 164 Å². The first kappa shape index (κ1) is 19.7. The van der Waals surface area contributed by atoms with E-state index in [1.165, 1.54) is 12.0 Å². The second kappa shape index (κ2) is 9.21. The van der Waals surface area contributed by atoms with Crippen LogP contribution in [0.1, 0.15) is 57.1 Å². The van der Waals surface area contributed by atoms with Crippen LogP contribution in [-0.4, -0.2) is 12.1 Å². The molecule has 1 aliphatic rings. The Balaban J connectivity index is 1.79. The molecule has 0 N–H and O–H groups in total. The van der Waals surface area contributed by atoms with Crippen molar-refractivity contribution < 1.29 is 9.53 Å². The maximum absolute atomic E-state index is 13.3. The fraction of sp³-hybridized carbons (Fsp3) is 0.480. The molecule has 0 aromatic heterocycles. The summed E-state index contributed by atoms with van der Waals surface area (Å²) in [6.07, 6.45) is 4.11. The highest BCUT2D eigenvalue weighted by Gasteiger charge is 2.35. The van der Waals surface area contributed by atoms with Gasteiger partial charge in [-0.3, -0.25) is 4.79 Å². The summed E-state index contributed by atoms with van der Waals surface area (Å²) < 4.78 is 6.19. The third kappa shape index (κ3) is 5.22. The van der Waals surface area contributed by atoms with Crippen LogP contribution in [0.2, 0.25) is 0 Å². The zero-order valence-corrected chi connectivity index (χ0v) is 16.8. The van der Waals surface area contributed by atoms with E-state index in [2.05, 4.69) is 32.9 Å². The number of ether oxygens (including phenoxy) is 1. The van der Waals surface area contributed by atoms with Gasteiger partial charge in [0.2, 0.25) is 0 Å². The number of esters is 1. The van der Waals surface area contributed by atoms with Crippen molar-refractivity contribution in [3.8, 4) is 0 Å². The van der Waals surface area contributed by atoms with Gasteiger partial charge >= 0.3 is 5.97 Å². The lowest BCUT2D eigenvalue weighted by Gasteiger charge is -2.37. The van der Waals surface area contributed by atoms with Crippen molar-refractivity contribution in [2.45, 2.75) is 58.5 Å². The third-order valence-electron chi connectivity index (χ3n) is 6.00. The summed E-state index contributed by atoms with van der Waals surface area (Å²) in [4.78, 5) is 13.3. The molecule has 3 rings (SSSR count). The van der Waals surface area contributed by atoms with Gasteiger partial charge in [0.1, 0.15) is 6.10 Å². The van der Waals surface area contributed by atoms with Gasteiger partial charge in [0.15, 0.2) is 0 Å². The molecule has 0 unspecified atom stereocenters. The van der Waals surface area contributed by atoms with E-state index in [0.29, 0.717) is 24.2 Å². The van der Waals surface area contributed by atoms with Gasteiger partial charge in [-0.15, -0.1) is 0 Å². The second-order valence-electron chi connectivity index (χ2n) is 8.45. The standard InChI is InChI=1S/C25H32O2/c1-18(2)22-15-14-19(3)16-24(22)27-25(26)23(21-12-8-5-9-13-21)17-20-10-6-4-7-11-20/h4-13,18-19,22-24H,14-17H2,1-3H3/t19-,22-,23-,24-/m1/s1. The minimum absolute atomic E-state index is 0.0447. The first-order chi connectivity index (χ1) is 13.0. The van der Waals surface area contributed by atoms with E-state index in [-0.39, 0.29) is 18.0 Å². The summed E-state index contributed by atoms with van der Waals surface area (Å²) >= 11 is 0. The Kier molecular flexibility index (Phi) is 6.71. The molecule has 27 heavy (non-hydrogen) atoms. The van der Waals surface area contributed by atoms with Gasteiger partial charge < -0.3 is 4.74 Å². The Morgan fingerprint density at radius 2 is 1.63 bits per heavy atom. The molecule has 1 aliphatic carbocycles. The van der Waals surface area contributed by atoms with Gasteiger partial charge in [0.05, 0.1) is 5.92 Å². The molecule has 0 bridgehead atoms. The molecule has 2 nitrogen and oxygen atoms in total. The van der Waals surface area contributed by atoms with E-state index in [9.17, 15) is 4.79 Å². The number of carbonyl (C=O) groups is 1. The molecule has 2 heteroatoms. The Hall–Kier alpha value is -2.09. The first-order valence-corrected chi connectivity index (χ1v) is 10.3. The summed E-state index contributed by atoms with van der Waals surface area (Å²) in [6.45, 7) is 6.77. The van der Waals surface area contributed by atoms with Crippen LogP contribution >= 0.6 is 0 Å². The third-order valence-corrected chi connectivity index (χ3v) is 6.00. The van der Waals surface area contributed by atoms with Crippen molar-refractivity contribution in [3.05, 3.63) is 71.8 Å². The minimum atomic E-state index is -0.251. The van der Waals surface area contributed by atoms with Crippen molar-refractivity contribution in [1.29, 1.82) is 0 Å². The van der Waals surface area contributed by atoms with E-state index < -0.39 is 0 Å². The summed E-state index contributed by atoms with van der Waals surface area (Å²) in [5.74, 6) is 1.31. The van der Waals surface area contributed by atoms with Crippen molar-refractivity contribution in [2.75, 3.05) is 0 Å². The quantitative estimate of drug-likeness (QED) is 0.586. The average molecular weight is 365 g/mol. The topological polar surface area (TPSA) is 26.3 Å². The van der Waals surface area contributed by atoms with Crippen LogP contribution in [-0.2, 0) is 16.0 Å². The maximum atomic E-state index is 13.3. The number of rotatable bonds is 6. The molecule has 1 saturated carbocycles. The van der Waals surface area contributed by atoms with Crippen LogP contribution in [0.3, 0.4) is 0 Å². The second-order valence-corrected chi connectivity index (χ2v) is 8.45. The van der Waals surface area contributed by atoms with E-state index in [0.717, 1.165) is 18.4 Å². The lowest BCUT2D eigenvalue weighted by atomic mass is 9.75. The van der Waals surface area contributed by atoms with Crippen LogP contribution in [0.15, 0.2) is 60.7 Å². The number of benzene rings is 2. The molecule has 0 radical (unpaired) electrons. The van der Waals surface area contributed by atoms with E-state index in [1.807, 2.05) is 48.5 Å². The normalized spacial score (nSPS) is 23.8. The molecule has 2 aromatic rings.